The predicted molar refractivity (Wildman–Crippen MR) is 222 cm³/mol. The summed E-state index contributed by atoms with van der Waals surface area (Å²) in [7, 11) is 0. The molecule has 0 atom stereocenters. The Balaban J connectivity index is 0.000000308. The summed E-state index contributed by atoms with van der Waals surface area (Å²) < 4.78 is 87.4. The van der Waals surface area contributed by atoms with Crippen LogP contribution in [0.25, 0.3) is 55.6 Å². The number of hydrogen-bond acceptors (Lipinski definition) is 4. The summed E-state index contributed by atoms with van der Waals surface area (Å²) in [4.78, 5) is 8.85. The number of benzene rings is 4. The van der Waals surface area contributed by atoms with Crippen molar-refractivity contribution in [2.75, 3.05) is 0 Å². The zero-order chi connectivity index (χ0) is 45.0. The van der Waals surface area contributed by atoms with Crippen LogP contribution in [0, 0.1) is 43.0 Å². The maximum Gasteiger partial charge on any atom is 0 e. The molecule has 7 aromatic rings. The maximum absolute atomic E-state index is 12.8. The summed E-state index contributed by atoms with van der Waals surface area (Å²) in [5.41, 5.74) is 5.21. The van der Waals surface area contributed by atoms with Crippen molar-refractivity contribution in [1.82, 2.24) is 9.97 Å². The van der Waals surface area contributed by atoms with Gasteiger partial charge in [0.2, 0.25) is 0 Å². The molecule has 4 aromatic carbocycles. The second-order valence-corrected chi connectivity index (χ2v) is 26.9. The minimum absolute atomic E-state index is 0. The Bertz CT molecular complexity index is 2840. The van der Waals surface area contributed by atoms with E-state index in [4.69, 9.17) is 14.0 Å². The van der Waals surface area contributed by atoms with E-state index in [1.54, 1.807) is 36.4 Å². The zero-order valence-corrected chi connectivity index (χ0v) is 35.9. The van der Waals surface area contributed by atoms with E-state index in [2.05, 4.69) is 66.5 Å². The third-order valence-corrected chi connectivity index (χ3v) is 17.0. The molecule has 0 N–H and O–H groups in total. The summed E-state index contributed by atoms with van der Waals surface area (Å²) in [5, 5.41) is 12.9. The van der Waals surface area contributed by atoms with Crippen LogP contribution in [0.2, 0.25) is 22.0 Å². The number of nitrogens with zero attached hydrogens (tertiary/aromatic N) is 3. The van der Waals surface area contributed by atoms with E-state index in [1.807, 2.05) is 18.3 Å². The Morgan fingerprint density at radius 2 is 1.69 bits per heavy atom. The third kappa shape index (κ3) is 8.86. The van der Waals surface area contributed by atoms with E-state index in [0.29, 0.717) is 46.4 Å². The van der Waals surface area contributed by atoms with Crippen molar-refractivity contribution in [3.05, 3.63) is 143 Å². The van der Waals surface area contributed by atoms with Gasteiger partial charge in [0, 0.05) is 37.5 Å². The standard InChI is InChI=1S/C33H31GeN2O.C15H15FN.Ir/c1-21-16-25(24-12-14-34(3,4)15-13-24)9-11-26(21)30-18-31(36-20-22(30)2)29-7-5-6-28-27-10-8-23(19-35)17-32(27)37-33(28)29;1-15(2,3)12-6-9-14(17-10-12)11-4-7-13(16)8-5-11;/h5-6,8-11,16-18,20,24H,12-15H2,1-4H3;4,6-10H,1-3H3;/q2*-1;/i1D3,2D3,11D,24D;;. The van der Waals surface area contributed by atoms with Gasteiger partial charge in [-0.05, 0) is 28.8 Å². The van der Waals surface area contributed by atoms with Crippen molar-refractivity contribution in [3.63, 3.8) is 0 Å². The number of hydrogen-bond donors (Lipinski definition) is 0. The van der Waals surface area contributed by atoms with Gasteiger partial charge in [-0.3, -0.25) is 4.39 Å². The number of pyridine rings is 2. The van der Waals surface area contributed by atoms with Crippen molar-refractivity contribution in [2.45, 2.75) is 80.6 Å². The first-order valence-corrected chi connectivity index (χ1v) is 25.2. The zero-order valence-electron chi connectivity index (χ0n) is 39.4. The van der Waals surface area contributed by atoms with Crippen LogP contribution in [0.3, 0.4) is 0 Å². The van der Waals surface area contributed by atoms with Crippen molar-refractivity contribution in [2.24, 2.45) is 0 Å². The topological polar surface area (TPSA) is 62.7 Å². The fraction of sp³-hybridized carbons (Fsp3) is 0.271. The molecule has 55 heavy (non-hydrogen) atoms. The second kappa shape index (κ2) is 16.4. The first-order valence-electron chi connectivity index (χ1n) is 22.1. The first-order chi connectivity index (χ1) is 29.0. The molecule has 4 nitrogen and oxygen atoms in total. The average molecular weight is 973 g/mol. The van der Waals surface area contributed by atoms with Gasteiger partial charge in [-0.25, -0.2) is 0 Å². The predicted octanol–water partition coefficient (Wildman–Crippen LogP) is 13.2. The monoisotopic (exact) mass is 974 g/mol. The van der Waals surface area contributed by atoms with Gasteiger partial charge in [-0.1, -0.05) is 44.4 Å². The molecular weight excluding hydrogens is 918 g/mol. The van der Waals surface area contributed by atoms with Crippen molar-refractivity contribution in [1.29, 1.82) is 5.26 Å². The van der Waals surface area contributed by atoms with E-state index < -0.39 is 32.9 Å². The van der Waals surface area contributed by atoms with E-state index in [9.17, 15) is 11.0 Å². The molecule has 0 spiro atoms. The maximum atomic E-state index is 12.8. The largest absolute Gasteiger partial charge is 0 e. The number of aromatic nitrogens is 2. The number of furan rings is 1. The third-order valence-electron chi connectivity index (χ3n) is 10.2. The summed E-state index contributed by atoms with van der Waals surface area (Å²) >= 11 is -1.94. The fourth-order valence-electron chi connectivity index (χ4n) is 6.80. The number of rotatable bonds is 4. The summed E-state index contributed by atoms with van der Waals surface area (Å²) in [6, 6.07) is 29.6. The van der Waals surface area contributed by atoms with Gasteiger partial charge < -0.3 is 9.40 Å². The molecule has 7 heteroatoms. The SMILES string of the molecule is CC(C)(C)c1ccc(-c2[c-]cc(F)cc2)nc1.[2H]c1cc(C2([2H])C[CH2][Ge]([CH3])([CH3])[CH2]C2)cc(C([2H])([2H])[2H])c1-c1cc(-c2[c-]ccc3c2oc2cc(C#N)ccc23)ncc1C([2H])([2H])[2H].[Ir]. The number of halogens is 1. The second-order valence-electron chi connectivity index (χ2n) is 15.7. The normalized spacial score (nSPS) is 17.3. The molecule has 8 rings (SSSR count). The van der Waals surface area contributed by atoms with Crippen LogP contribution in [0.15, 0.2) is 102 Å². The van der Waals surface area contributed by atoms with Gasteiger partial charge in [-0.15, -0.1) is 42.0 Å². The number of nitriles is 1. The Morgan fingerprint density at radius 3 is 2.36 bits per heavy atom. The molecule has 0 aliphatic carbocycles. The van der Waals surface area contributed by atoms with Gasteiger partial charge >= 0.3 is 165 Å². The molecular formula is C48H46FGeIrN3O-2. The quantitative estimate of drug-likeness (QED) is 0.130. The van der Waals surface area contributed by atoms with E-state index in [1.165, 1.54) is 36.0 Å². The number of fused-ring (bicyclic) bond motifs is 3. The average Bonchev–Trinajstić information content (AvgIpc) is 3.59. The Labute approximate surface area is 352 Å². The molecule has 0 amide bonds. The number of aryl methyl sites for hydroxylation is 2. The molecule has 1 fully saturated rings. The van der Waals surface area contributed by atoms with Gasteiger partial charge in [0.1, 0.15) is 5.58 Å². The minimum Gasteiger partial charge on any atom is 0 e. The Kier molecular flexibility index (Phi) is 9.15. The molecule has 4 heterocycles. The summed E-state index contributed by atoms with van der Waals surface area (Å²) in [6.45, 7) is 1.11. The van der Waals surface area contributed by atoms with Crippen molar-refractivity contribution < 1.29 is 39.9 Å². The molecule has 1 aliphatic heterocycles. The van der Waals surface area contributed by atoms with Crippen LogP contribution in [0.4, 0.5) is 4.39 Å². The van der Waals surface area contributed by atoms with Gasteiger partial charge in [0.05, 0.1) is 11.6 Å². The van der Waals surface area contributed by atoms with Crippen LogP contribution >= 0.6 is 0 Å². The Morgan fingerprint density at radius 1 is 0.909 bits per heavy atom. The molecule has 1 radical (unpaired) electrons. The van der Waals surface area contributed by atoms with Crippen molar-refractivity contribution in [3.8, 4) is 39.7 Å². The van der Waals surface area contributed by atoms with Crippen LogP contribution in [0.5, 0.6) is 0 Å². The molecule has 0 saturated carbocycles. The van der Waals surface area contributed by atoms with Crippen LogP contribution in [-0.2, 0) is 25.5 Å². The van der Waals surface area contributed by atoms with E-state index >= 15 is 0 Å². The van der Waals surface area contributed by atoms with Gasteiger partial charge in [0.25, 0.3) is 0 Å². The van der Waals surface area contributed by atoms with Gasteiger partial charge in [-0.2, -0.15) is 5.26 Å². The molecule has 281 valence electrons. The minimum atomic E-state index is -2.68. The molecule has 1 saturated heterocycles. The molecule has 0 unspecified atom stereocenters. The van der Waals surface area contributed by atoms with Crippen LogP contribution in [-0.4, -0.2) is 23.2 Å². The van der Waals surface area contributed by atoms with Crippen LogP contribution in [0.1, 0.15) is 78.3 Å². The van der Waals surface area contributed by atoms with E-state index in [-0.39, 0.29) is 59.6 Å². The van der Waals surface area contributed by atoms with Crippen molar-refractivity contribution >= 4 is 35.2 Å². The van der Waals surface area contributed by atoms with Crippen LogP contribution < -0.4 is 0 Å². The first kappa shape index (κ1) is 30.8. The summed E-state index contributed by atoms with van der Waals surface area (Å²) in [6.07, 6.45) is 4.31. The Hall–Kier alpha value is -4.41. The molecule has 1 aliphatic rings. The fourth-order valence-corrected chi connectivity index (χ4v) is 11.4. The molecule has 3 aromatic heterocycles. The summed E-state index contributed by atoms with van der Waals surface area (Å²) in [5.74, 6) is 3.41. The van der Waals surface area contributed by atoms with E-state index in [0.717, 1.165) is 32.5 Å². The van der Waals surface area contributed by atoms with Gasteiger partial charge in [0.15, 0.2) is 0 Å². The molecule has 0 bridgehead atoms. The smallest absolute Gasteiger partial charge is 0 e.